The molecule has 1 unspecified atom stereocenters. The zero-order chi connectivity index (χ0) is 31.9. The van der Waals surface area contributed by atoms with Gasteiger partial charge in [-0.3, -0.25) is 13.9 Å². The van der Waals surface area contributed by atoms with Crippen molar-refractivity contribution in [2.45, 2.75) is 68.3 Å². The van der Waals surface area contributed by atoms with E-state index >= 15 is 0 Å². The molecule has 0 radical (unpaired) electrons. The maximum Gasteiger partial charge on any atom is 0.459 e. The summed E-state index contributed by atoms with van der Waals surface area (Å²) in [7, 11) is -4.51. The van der Waals surface area contributed by atoms with Gasteiger partial charge in [0.1, 0.15) is 24.0 Å². The first-order valence-corrected chi connectivity index (χ1v) is 15.5. The molecule has 1 aromatic carbocycles. The normalized spacial score (nSPS) is 25.8. The van der Waals surface area contributed by atoms with E-state index in [0.717, 1.165) is 23.7 Å². The lowest BCUT2D eigenvalue weighted by atomic mass is 9.98. The van der Waals surface area contributed by atoms with Crippen molar-refractivity contribution in [2.75, 3.05) is 24.3 Å². The first-order valence-electron chi connectivity index (χ1n) is 13.5. The highest BCUT2D eigenvalue weighted by Crippen LogP contribution is 2.55. The lowest BCUT2D eigenvalue weighted by Crippen LogP contribution is -2.53. The predicted octanol–water partition coefficient (Wildman–Crippen LogP) is 3.53. The van der Waals surface area contributed by atoms with E-state index in [-0.39, 0.29) is 41.3 Å². The minimum atomic E-state index is -5.24. The van der Waals surface area contributed by atoms with Crippen LogP contribution in [0.4, 0.5) is 24.9 Å². The van der Waals surface area contributed by atoms with Crippen molar-refractivity contribution in [3.63, 3.8) is 0 Å². The van der Waals surface area contributed by atoms with Gasteiger partial charge in [0.25, 0.3) is 0 Å². The number of nitrogen functional groups attached to an aromatic ring is 1. The highest BCUT2D eigenvalue weighted by Gasteiger charge is 2.71. The van der Waals surface area contributed by atoms with Crippen molar-refractivity contribution in [2.24, 2.45) is 0 Å². The van der Waals surface area contributed by atoms with Crippen LogP contribution in [0, 0.1) is 0 Å². The number of aromatic nitrogens is 4. The summed E-state index contributed by atoms with van der Waals surface area (Å²) in [6, 6.07) is 6.60. The second kappa shape index (κ2) is 12.3. The van der Waals surface area contributed by atoms with E-state index in [4.69, 9.17) is 35.9 Å². The average molecular weight is 664 g/mol. The van der Waals surface area contributed by atoms with Crippen molar-refractivity contribution < 1.29 is 46.2 Å². The molecule has 6 atom stereocenters. The van der Waals surface area contributed by atoms with Crippen molar-refractivity contribution in [1.82, 2.24) is 24.6 Å². The van der Waals surface area contributed by atoms with Crippen LogP contribution in [-0.4, -0.2) is 79.2 Å². The highest BCUT2D eigenvalue weighted by atomic mass is 35.5. The van der Waals surface area contributed by atoms with Gasteiger partial charge in [-0.05, 0) is 38.8 Å². The topological polar surface area (TPSA) is 185 Å². The number of esters is 1. The number of anilines is 2. The molecule has 44 heavy (non-hydrogen) atoms. The number of halogens is 4. The number of fused-ring (bicyclic) bond motifs is 1. The molecule has 1 aliphatic heterocycles. The van der Waals surface area contributed by atoms with E-state index in [1.54, 1.807) is 25.1 Å². The number of para-hydroxylation sites is 1. The maximum absolute atomic E-state index is 14.6. The van der Waals surface area contributed by atoms with E-state index in [0.29, 0.717) is 0 Å². The minimum Gasteiger partial charge on any atom is -0.465 e. The molecular formula is C25H30ClF3N7O7P. The Kier molecular flexibility index (Phi) is 8.99. The first-order chi connectivity index (χ1) is 20.8. The van der Waals surface area contributed by atoms with Crippen LogP contribution in [0.3, 0.4) is 0 Å². The Hall–Kier alpha value is -3.21. The molecule has 5 N–H and O–H groups in total. The summed E-state index contributed by atoms with van der Waals surface area (Å²) in [5.74, 6) is -0.746. The van der Waals surface area contributed by atoms with Crippen molar-refractivity contribution in [3.8, 4) is 5.75 Å². The smallest absolute Gasteiger partial charge is 0.459 e. The number of carbonyl (C=O) groups is 1. The van der Waals surface area contributed by atoms with Crippen LogP contribution in [0.1, 0.15) is 32.9 Å². The third-order valence-corrected chi connectivity index (χ3v) is 9.13. The van der Waals surface area contributed by atoms with Gasteiger partial charge >= 0.3 is 19.9 Å². The molecule has 3 heterocycles. The Morgan fingerprint density at radius 1 is 1.32 bits per heavy atom. The number of hydrogen-bond donors (Lipinski definition) is 4. The lowest BCUT2D eigenvalue weighted by Gasteiger charge is -2.32. The number of nitrogens with one attached hydrogen (secondary N) is 2. The van der Waals surface area contributed by atoms with Crippen LogP contribution in [-0.2, 0) is 23.4 Å². The molecular weight excluding hydrogens is 634 g/mol. The number of imidazole rings is 1. The largest absolute Gasteiger partial charge is 0.465 e. The second-order valence-corrected chi connectivity index (χ2v) is 12.5. The van der Waals surface area contributed by atoms with Crippen molar-refractivity contribution in [3.05, 3.63) is 36.7 Å². The van der Waals surface area contributed by atoms with E-state index < -0.39 is 55.9 Å². The van der Waals surface area contributed by atoms with Crippen LogP contribution in [0.2, 0.25) is 0 Å². The summed E-state index contributed by atoms with van der Waals surface area (Å²) < 4.78 is 80.0. The zero-order valence-corrected chi connectivity index (χ0v) is 25.1. The standard InChI is InChI=1S/C25H30ClF3N7O7P/c1-3-40-21(38)13(2)35-44(39,43-15-7-5-4-6-8-15)41-11-16-18(37)24(26,25(27,28)29)22(42-16)36-12-31-17-19(32-14-9-10-14)33-23(30)34-20(17)36/h4-8,12-14,16,18,22,37H,3,9-11H2,1-2H3,(H,35,39)(H3,30,32,33,34)/t13?,16-,18-,22-,24-,44+/m1/s1. The van der Waals surface area contributed by atoms with E-state index in [2.05, 4.69) is 25.4 Å². The monoisotopic (exact) mass is 663 g/mol. The molecule has 3 aromatic rings. The predicted molar refractivity (Wildman–Crippen MR) is 151 cm³/mol. The van der Waals surface area contributed by atoms with Gasteiger partial charge in [-0.25, -0.2) is 9.55 Å². The van der Waals surface area contributed by atoms with Crippen LogP contribution in [0.15, 0.2) is 36.7 Å². The van der Waals surface area contributed by atoms with Gasteiger partial charge in [-0.2, -0.15) is 28.2 Å². The molecule has 1 aliphatic carbocycles. The zero-order valence-electron chi connectivity index (χ0n) is 23.4. The molecule has 5 rings (SSSR count). The molecule has 14 nitrogen and oxygen atoms in total. The molecule has 2 aromatic heterocycles. The van der Waals surface area contributed by atoms with E-state index in [1.165, 1.54) is 19.1 Å². The third kappa shape index (κ3) is 6.43. The molecule has 0 bridgehead atoms. The molecule has 19 heteroatoms. The molecule has 2 aliphatic rings. The van der Waals surface area contributed by atoms with E-state index in [9.17, 15) is 27.6 Å². The number of aliphatic hydroxyl groups is 1. The van der Waals surface area contributed by atoms with Crippen molar-refractivity contribution in [1.29, 1.82) is 0 Å². The van der Waals surface area contributed by atoms with Gasteiger partial charge in [-0.1, -0.05) is 18.2 Å². The second-order valence-electron chi connectivity index (χ2n) is 10.2. The number of nitrogens with two attached hydrogens (primary N) is 1. The number of benzene rings is 1. The summed E-state index contributed by atoms with van der Waals surface area (Å²) in [4.78, 5) is 21.1. The average Bonchev–Trinajstić information content (AvgIpc) is 3.61. The summed E-state index contributed by atoms with van der Waals surface area (Å²) in [5, 5.41) is 16.5. The Labute approximate surface area is 254 Å². The number of aliphatic hydroxyl groups excluding tert-OH is 1. The molecule has 2 fully saturated rings. The van der Waals surface area contributed by atoms with Gasteiger partial charge in [-0.15, -0.1) is 11.6 Å². The van der Waals surface area contributed by atoms with Gasteiger partial charge < -0.3 is 30.2 Å². The van der Waals surface area contributed by atoms with Gasteiger partial charge in [0.15, 0.2) is 23.2 Å². The fourth-order valence-electron chi connectivity index (χ4n) is 4.53. The first kappa shape index (κ1) is 32.2. The highest BCUT2D eigenvalue weighted by molar-refractivity contribution is 7.52. The van der Waals surface area contributed by atoms with Crippen LogP contribution >= 0.6 is 19.3 Å². The van der Waals surface area contributed by atoms with E-state index in [1.807, 2.05) is 0 Å². The fraction of sp³-hybridized carbons (Fsp3) is 0.520. The maximum atomic E-state index is 14.6. The molecule has 1 saturated carbocycles. The number of ether oxygens (including phenoxy) is 2. The van der Waals surface area contributed by atoms with Gasteiger partial charge in [0, 0.05) is 6.04 Å². The van der Waals surface area contributed by atoms with Gasteiger partial charge in [0.05, 0.1) is 19.5 Å². The lowest BCUT2D eigenvalue weighted by molar-refractivity contribution is -0.195. The molecule has 0 spiro atoms. The van der Waals surface area contributed by atoms with Gasteiger partial charge in [0.2, 0.25) is 10.8 Å². The van der Waals surface area contributed by atoms with Crippen LogP contribution < -0.4 is 20.7 Å². The number of carbonyl (C=O) groups excluding carboxylic acids is 1. The van der Waals surface area contributed by atoms with Crippen LogP contribution in [0.25, 0.3) is 11.2 Å². The number of hydrogen-bond acceptors (Lipinski definition) is 12. The summed E-state index contributed by atoms with van der Waals surface area (Å²) >= 11 is 6.19. The Balaban J connectivity index is 1.44. The molecule has 240 valence electrons. The number of alkyl halides is 4. The summed E-state index contributed by atoms with van der Waals surface area (Å²) in [6.45, 7) is 2.03. The van der Waals surface area contributed by atoms with Crippen LogP contribution in [0.5, 0.6) is 5.75 Å². The fourth-order valence-corrected chi connectivity index (χ4v) is 6.33. The summed E-state index contributed by atoms with van der Waals surface area (Å²) in [5.41, 5.74) is 5.83. The Morgan fingerprint density at radius 2 is 2.02 bits per heavy atom. The molecule has 1 saturated heterocycles. The number of nitrogens with zero attached hydrogens (tertiary/aromatic N) is 4. The van der Waals surface area contributed by atoms with Crippen molar-refractivity contribution >= 4 is 48.2 Å². The minimum absolute atomic E-state index is 0.0337. The third-order valence-electron chi connectivity index (χ3n) is 6.86. The molecule has 0 amide bonds. The Morgan fingerprint density at radius 3 is 2.66 bits per heavy atom. The number of rotatable bonds is 12. The Bertz CT molecular complexity index is 1550. The summed E-state index contributed by atoms with van der Waals surface area (Å²) in [6.07, 6.45) is -8.84. The quantitative estimate of drug-likeness (QED) is 0.125. The SMILES string of the molecule is CCOC(=O)C(C)N[P@](=O)(OC[C@H]1O[C@@H](n2cnc3c(NC4CC4)nc(N)nc32)[C@@](Cl)(C(F)(F)F)[C@@H]1O)Oc1ccccc1.